The highest BCUT2D eigenvalue weighted by atomic mass is 19.1. The van der Waals surface area contributed by atoms with E-state index in [1.807, 2.05) is 18.3 Å². The van der Waals surface area contributed by atoms with Gasteiger partial charge >= 0.3 is 0 Å². The normalized spacial score (nSPS) is 21.8. The van der Waals surface area contributed by atoms with E-state index in [9.17, 15) is 19.2 Å². The average Bonchev–Trinajstić information content (AvgIpc) is 3.88. The first-order valence-electron chi connectivity index (χ1n) is 19.7. The molecule has 1 aliphatic carbocycles. The van der Waals surface area contributed by atoms with Crippen molar-refractivity contribution in [2.24, 2.45) is 5.41 Å². The van der Waals surface area contributed by atoms with Gasteiger partial charge in [-0.1, -0.05) is 12.8 Å². The molecule has 14 nitrogen and oxygen atoms in total. The van der Waals surface area contributed by atoms with Gasteiger partial charge in [-0.15, -0.1) is 0 Å². The van der Waals surface area contributed by atoms with Gasteiger partial charge in [0, 0.05) is 81.0 Å². The second-order valence-corrected chi connectivity index (χ2v) is 16.9. The number of rotatable bonds is 7. The molecule has 1 aromatic carbocycles. The summed E-state index contributed by atoms with van der Waals surface area (Å²) < 4.78 is 17.7. The molecule has 4 aromatic rings. The lowest BCUT2D eigenvalue weighted by Crippen LogP contribution is -2.61. The van der Waals surface area contributed by atoms with E-state index in [1.165, 1.54) is 11.0 Å². The first kappa shape index (κ1) is 36.1. The SMILES string of the molecule is CN(C)C(=O)c1cc2cnc(Nc3ccc(N4CCC5(CC4)CN(c4ccc(F)c6c4C(C)(C)C(=O)N6C4CCC(=O)NC4=O)C5)cn3)nc2n1C1CCCC1. The van der Waals surface area contributed by atoms with E-state index in [4.69, 9.17) is 9.97 Å². The lowest BCUT2D eigenvalue weighted by atomic mass is 9.71. The summed E-state index contributed by atoms with van der Waals surface area (Å²) in [6, 6.07) is 8.35. The Bertz CT molecular complexity index is 2270. The van der Waals surface area contributed by atoms with E-state index in [0.717, 1.165) is 87.1 Å². The molecular formula is C41H47FN10O4. The second-order valence-electron chi connectivity index (χ2n) is 16.9. The number of hydrogen-bond acceptors (Lipinski definition) is 10. The molecule has 0 bridgehead atoms. The Balaban J connectivity index is 0.862. The highest BCUT2D eigenvalue weighted by molar-refractivity contribution is 6.15. The molecule has 7 heterocycles. The molecule has 0 radical (unpaired) electrons. The number of amides is 4. The number of benzene rings is 1. The molecule has 56 heavy (non-hydrogen) atoms. The number of piperidine rings is 2. The monoisotopic (exact) mass is 762 g/mol. The van der Waals surface area contributed by atoms with Crippen molar-refractivity contribution in [2.45, 2.75) is 82.7 Å². The molecule has 4 fully saturated rings. The maximum Gasteiger partial charge on any atom is 0.270 e. The van der Waals surface area contributed by atoms with Crippen LogP contribution in [0, 0.1) is 11.2 Å². The Morgan fingerprint density at radius 2 is 1.71 bits per heavy atom. The third-order valence-electron chi connectivity index (χ3n) is 12.7. The molecule has 292 valence electrons. The van der Waals surface area contributed by atoms with Crippen LogP contribution in [0.4, 0.5) is 33.2 Å². The maximum atomic E-state index is 15.6. The number of nitrogens with one attached hydrogen (secondary N) is 2. The molecule has 15 heteroatoms. The van der Waals surface area contributed by atoms with Crippen LogP contribution in [-0.2, 0) is 19.8 Å². The number of carbonyl (C=O) groups is 4. The van der Waals surface area contributed by atoms with Crippen molar-refractivity contribution in [3.8, 4) is 0 Å². The molecule has 1 unspecified atom stereocenters. The highest BCUT2D eigenvalue weighted by Crippen LogP contribution is 2.53. The summed E-state index contributed by atoms with van der Waals surface area (Å²) in [5.41, 5.74) is 3.08. The summed E-state index contributed by atoms with van der Waals surface area (Å²) >= 11 is 0. The fourth-order valence-electron chi connectivity index (χ4n) is 9.65. The van der Waals surface area contributed by atoms with Crippen molar-refractivity contribution < 1.29 is 23.6 Å². The van der Waals surface area contributed by atoms with E-state index in [0.29, 0.717) is 23.0 Å². The number of nitrogens with zero attached hydrogens (tertiary/aromatic N) is 8. The molecule has 4 aliphatic heterocycles. The van der Waals surface area contributed by atoms with Gasteiger partial charge in [-0.3, -0.25) is 29.4 Å². The van der Waals surface area contributed by atoms with E-state index in [-0.39, 0.29) is 47.7 Å². The zero-order valence-electron chi connectivity index (χ0n) is 32.3. The van der Waals surface area contributed by atoms with Gasteiger partial charge < -0.3 is 24.6 Å². The van der Waals surface area contributed by atoms with Crippen molar-refractivity contribution in [3.05, 3.63) is 59.8 Å². The van der Waals surface area contributed by atoms with Gasteiger partial charge in [0.15, 0.2) is 0 Å². The third kappa shape index (κ3) is 5.84. The van der Waals surface area contributed by atoms with Crippen LogP contribution >= 0.6 is 0 Å². The third-order valence-corrected chi connectivity index (χ3v) is 12.7. The minimum absolute atomic E-state index is 0.0437. The van der Waals surface area contributed by atoms with Crippen LogP contribution in [0.2, 0.25) is 0 Å². The second kappa shape index (κ2) is 13.3. The fraction of sp³-hybridized carbons (Fsp3) is 0.488. The summed E-state index contributed by atoms with van der Waals surface area (Å²) in [5.74, 6) is -0.806. The molecule has 3 saturated heterocycles. The number of aromatic nitrogens is 4. The molecule has 3 aromatic heterocycles. The number of carbonyl (C=O) groups excluding carboxylic acids is 4. The molecule has 1 atom stereocenters. The summed E-state index contributed by atoms with van der Waals surface area (Å²) in [7, 11) is 3.54. The molecule has 2 N–H and O–H groups in total. The standard InChI is InChI=1S/C41H47FN10O4/c1-40(2)33-28(11-10-27(42)34(33)52(38(40)56)29-12-14-32(53)46-36(29)54)50-22-41(23-50)15-17-49(18-16-41)26-9-13-31(43-21-26)45-39-44-20-24-19-30(37(55)48(3)4)51(35(24)47-39)25-7-5-6-8-25/h9-11,13,19-21,25,29H,5-8,12,14-18,22-23H2,1-4H3,(H,46,53,54)(H,43,44,45,47). The molecule has 5 aliphatic rings. The lowest BCUT2D eigenvalue weighted by Gasteiger charge is -2.56. The zero-order chi connectivity index (χ0) is 39.1. The number of hydrogen-bond donors (Lipinski definition) is 2. The quantitative estimate of drug-likeness (QED) is 0.245. The average molecular weight is 763 g/mol. The topological polar surface area (TPSA) is 149 Å². The number of anilines is 5. The Hall–Kier alpha value is -5.60. The van der Waals surface area contributed by atoms with Gasteiger partial charge in [0.1, 0.15) is 29.0 Å². The Morgan fingerprint density at radius 3 is 2.39 bits per heavy atom. The Labute approximate surface area is 324 Å². The van der Waals surface area contributed by atoms with Crippen molar-refractivity contribution in [1.82, 2.24) is 29.7 Å². The van der Waals surface area contributed by atoms with Crippen molar-refractivity contribution >= 4 is 63.5 Å². The number of fused-ring (bicyclic) bond motifs is 2. The van der Waals surface area contributed by atoms with E-state index in [2.05, 4.69) is 36.1 Å². The van der Waals surface area contributed by atoms with Crippen molar-refractivity contribution in [2.75, 3.05) is 60.3 Å². The number of pyridine rings is 1. The van der Waals surface area contributed by atoms with Gasteiger partial charge in [-0.25, -0.2) is 14.4 Å². The summed E-state index contributed by atoms with van der Waals surface area (Å²) in [6.07, 6.45) is 10.2. The highest BCUT2D eigenvalue weighted by Gasteiger charge is 2.54. The summed E-state index contributed by atoms with van der Waals surface area (Å²) in [5, 5.41) is 6.42. The van der Waals surface area contributed by atoms with Gasteiger partial charge in [0.2, 0.25) is 23.7 Å². The first-order chi connectivity index (χ1) is 26.8. The van der Waals surface area contributed by atoms with Gasteiger partial charge in [-0.05, 0) is 76.3 Å². The van der Waals surface area contributed by atoms with Crippen LogP contribution in [0.25, 0.3) is 11.0 Å². The van der Waals surface area contributed by atoms with Crippen LogP contribution < -0.4 is 25.3 Å². The van der Waals surface area contributed by atoms with Crippen LogP contribution in [0.5, 0.6) is 0 Å². The van der Waals surface area contributed by atoms with E-state index >= 15 is 4.39 Å². The largest absolute Gasteiger partial charge is 0.370 e. The van der Waals surface area contributed by atoms with Crippen molar-refractivity contribution in [3.63, 3.8) is 0 Å². The van der Waals surface area contributed by atoms with Crippen molar-refractivity contribution in [1.29, 1.82) is 0 Å². The van der Waals surface area contributed by atoms with Crippen LogP contribution in [0.1, 0.15) is 87.3 Å². The maximum absolute atomic E-state index is 15.6. The minimum Gasteiger partial charge on any atom is -0.370 e. The van der Waals surface area contributed by atoms with Gasteiger partial charge in [0.05, 0.1) is 23.0 Å². The fourth-order valence-corrected chi connectivity index (χ4v) is 9.65. The first-order valence-corrected chi connectivity index (χ1v) is 19.7. The van der Waals surface area contributed by atoms with Crippen LogP contribution in [-0.4, -0.2) is 94.4 Å². The molecular weight excluding hydrogens is 716 g/mol. The molecule has 9 rings (SSSR count). The van der Waals surface area contributed by atoms with Crippen LogP contribution in [0.3, 0.4) is 0 Å². The Morgan fingerprint density at radius 1 is 0.964 bits per heavy atom. The van der Waals surface area contributed by atoms with Crippen LogP contribution in [0.15, 0.2) is 42.7 Å². The molecule has 4 amide bonds. The summed E-state index contributed by atoms with van der Waals surface area (Å²) in [4.78, 5) is 73.2. The van der Waals surface area contributed by atoms with E-state index < -0.39 is 23.2 Å². The predicted molar refractivity (Wildman–Crippen MR) is 210 cm³/mol. The smallest absolute Gasteiger partial charge is 0.270 e. The Kier molecular flexibility index (Phi) is 8.54. The summed E-state index contributed by atoms with van der Waals surface area (Å²) in [6.45, 7) is 6.89. The van der Waals surface area contributed by atoms with Gasteiger partial charge in [-0.2, -0.15) is 4.98 Å². The predicted octanol–water partition coefficient (Wildman–Crippen LogP) is 5.06. The molecule has 1 saturated carbocycles. The van der Waals surface area contributed by atoms with E-state index in [1.54, 1.807) is 45.1 Å². The number of halogens is 1. The zero-order valence-corrected chi connectivity index (χ0v) is 32.3. The van der Waals surface area contributed by atoms with Gasteiger partial charge in [0.25, 0.3) is 5.91 Å². The number of imide groups is 1. The lowest BCUT2D eigenvalue weighted by molar-refractivity contribution is -0.136. The molecule has 1 spiro atoms. The minimum atomic E-state index is -1.04.